The minimum Gasteiger partial charge on any atom is -0.459 e. The topological polar surface area (TPSA) is 60.0 Å². The summed E-state index contributed by atoms with van der Waals surface area (Å²) >= 11 is 0. The number of nitrogens with zero attached hydrogens (tertiary/aromatic N) is 5. The molecule has 1 aliphatic rings. The highest BCUT2D eigenvalue weighted by Crippen LogP contribution is 2.33. The molecule has 25 heavy (non-hydrogen) atoms. The lowest BCUT2D eigenvalue weighted by molar-refractivity contribution is 0.161. The zero-order valence-corrected chi connectivity index (χ0v) is 14.8. The van der Waals surface area contributed by atoms with Crippen LogP contribution in [0.3, 0.4) is 0 Å². The van der Waals surface area contributed by atoms with Gasteiger partial charge in [0.15, 0.2) is 5.82 Å². The zero-order valence-electron chi connectivity index (χ0n) is 14.8. The Morgan fingerprint density at radius 2 is 2.00 bits per heavy atom. The molecule has 0 radical (unpaired) electrons. The van der Waals surface area contributed by atoms with Crippen LogP contribution in [0.2, 0.25) is 0 Å². The second-order valence-corrected chi connectivity index (χ2v) is 6.80. The van der Waals surface area contributed by atoms with E-state index < -0.39 is 0 Å². The summed E-state index contributed by atoms with van der Waals surface area (Å²) in [6, 6.07) is 10.3. The first-order valence-electron chi connectivity index (χ1n) is 9.35. The van der Waals surface area contributed by atoms with Crippen molar-refractivity contribution in [1.29, 1.82) is 0 Å². The molecule has 1 aromatic carbocycles. The van der Waals surface area contributed by atoms with Gasteiger partial charge in [-0.15, -0.1) is 5.10 Å². The Morgan fingerprint density at radius 3 is 2.80 bits per heavy atom. The maximum Gasteiger partial charge on any atom is 0.176 e. The molecule has 3 aromatic rings. The molecule has 0 saturated carbocycles. The average Bonchev–Trinajstić information content (AvgIpc) is 3.28. The van der Waals surface area contributed by atoms with Crippen LogP contribution in [0.5, 0.6) is 0 Å². The first-order chi connectivity index (χ1) is 12.4. The summed E-state index contributed by atoms with van der Waals surface area (Å²) in [4.78, 5) is 2.47. The van der Waals surface area contributed by atoms with E-state index in [1.165, 1.54) is 19.3 Å². The number of tetrazole rings is 1. The highest BCUT2D eigenvalue weighted by molar-refractivity contribution is 5.77. The van der Waals surface area contributed by atoms with E-state index in [0.717, 1.165) is 55.0 Å². The minimum absolute atomic E-state index is 0.0143. The fraction of sp³-hybridized carbons (Fsp3) is 0.526. The Kier molecular flexibility index (Phi) is 4.78. The van der Waals surface area contributed by atoms with Crippen LogP contribution < -0.4 is 0 Å². The van der Waals surface area contributed by atoms with Gasteiger partial charge in [-0.05, 0) is 54.9 Å². The molecule has 1 fully saturated rings. The van der Waals surface area contributed by atoms with Crippen molar-refractivity contribution in [3.05, 3.63) is 41.9 Å². The van der Waals surface area contributed by atoms with E-state index in [0.29, 0.717) is 0 Å². The smallest absolute Gasteiger partial charge is 0.176 e. The van der Waals surface area contributed by atoms with Gasteiger partial charge >= 0.3 is 0 Å². The average molecular weight is 339 g/mol. The van der Waals surface area contributed by atoms with Crippen molar-refractivity contribution in [2.24, 2.45) is 0 Å². The van der Waals surface area contributed by atoms with E-state index in [9.17, 15) is 0 Å². The molecule has 3 heterocycles. The number of piperidine rings is 1. The zero-order chi connectivity index (χ0) is 17.1. The monoisotopic (exact) mass is 339 g/mol. The van der Waals surface area contributed by atoms with Gasteiger partial charge in [0, 0.05) is 11.9 Å². The van der Waals surface area contributed by atoms with Crippen LogP contribution in [0, 0.1) is 0 Å². The Labute approximate surface area is 147 Å². The van der Waals surface area contributed by atoms with Crippen molar-refractivity contribution in [3.8, 4) is 0 Å². The van der Waals surface area contributed by atoms with Crippen LogP contribution in [0.1, 0.15) is 56.7 Å². The molecule has 0 spiro atoms. The molecule has 0 amide bonds. The van der Waals surface area contributed by atoms with Crippen molar-refractivity contribution in [2.45, 2.75) is 51.6 Å². The molecular weight excluding hydrogens is 314 g/mol. The van der Waals surface area contributed by atoms with E-state index in [4.69, 9.17) is 4.42 Å². The minimum atomic E-state index is -0.0143. The van der Waals surface area contributed by atoms with Gasteiger partial charge in [-0.3, -0.25) is 4.90 Å². The summed E-state index contributed by atoms with van der Waals surface area (Å²) in [7, 11) is 0. The fourth-order valence-electron chi connectivity index (χ4n) is 3.66. The van der Waals surface area contributed by atoms with E-state index in [-0.39, 0.29) is 6.04 Å². The molecule has 1 atom stereocenters. The van der Waals surface area contributed by atoms with Crippen LogP contribution in [0.25, 0.3) is 11.0 Å². The third-order valence-corrected chi connectivity index (χ3v) is 5.00. The standard InChI is InChI=1S/C19H25N5O/c1-2-3-13-24-19(20-21-22-24)18(23-11-7-4-8-12-23)17-14-15-9-5-6-10-16(15)25-17/h5-6,9-10,14,18H,2-4,7-8,11-13H2,1H3. The number of rotatable bonds is 6. The number of para-hydroxylation sites is 1. The normalized spacial score (nSPS) is 17.2. The van der Waals surface area contributed by atoms with Gasteiger partial charge in [-0.25, -0.2) is 4.68 Å². The van der Waals surface area contributed by atoms with Gasteiger partial charge in [-0.2, -0.15) is 0 Å². The Balaban J connectivity index is 1.75. The maximum absolute atomic E-state index is 6.22. The summed E-state index contributed by atoms with van der Waals surface area (Å²) in [6.07, 6.45) is 5.92. The number of hydrogen-bond donors (Lipinski definition) is 0. The summed E-state index contributed by atoms with van der Waals surface area (Å²) in [5.41, 5.74) is 0.923. The second kappa shape index (κ2) is 7.35. The quantitative estimate of drug-likeness (QED) is 0.684. The fourth-order valence-corrected chi connectivity index (χ4v) is 3.66. The van der Waals surface area contributed by atoms with Crippen LogP contribution in [-0.2, 0) is 6.54 Å². The molecule has 1 unspecified atom stereocenters. The van der Waals surface area contributed by atoms with Gasteiger partial charge < -0.3 is 4.42 Å². The lowest BCUT2D eigenvalue weighted by Gasteiger charge is -2.32. The third-order valence-electron chi connectivity index (χ3n) is 5.00. The number of unbranched alkanes of at least 4 members (excludes halogenated alkanes) is 1. The van der Waals surface area contributed by atoms with Gasteiger partial charge in [0.2, 0.25) is 0 Å². The molecule has 0 bridgehead atoms. The molecule has 1 aliphatic heterocycles. The molecule has 1 saturated heterocycles. The van der Waals surface area contributed by atoms with Gasteiger partial charge in [0.05, 0.1) is 0 Å². The molecule has 2 aromatic heterocycles. The van der Waals surface area contributed by atoms with Gasteiger partial charge in [0.25, 0.3) is 0 Å². The molecule has 6 heteroatoms. The number of benzene rings is 1. The summed E-state index contributed by atoms with van der Waals surface area (Å²) in [6.45, 7) is 5.15. The third kappa shape index (κ3) is 3.31. The maximum atomic E-state index is 6.22. The predicted molar refractivity (Wildman–Crippen MR) is 96.2 cm³/mol. The van der Waals surface area contributed by atoms with Crippen molar-refractivity contribution in [2.75, 3.05) is 13.1 Å². The van der Waals surface area contributed by atoms with Crippen molar-refractivity contribution in [1.82, 2.24) is 25.1 Å². The largest absolute Gasteiger partial charge is 0.459 e. The molecule has 0 aliphatic carbocycles. The Bertz CT molecular complexity index is 785. The molecule has 6 nitrogen and oxygen atoms in total. The number of hydrogen-bond acceptors (Lipinski definition) is 5. The molecule has 4 rings (SSSR count). The van der Waals surface area contributed by atoms with E-state index >= 15 is 0 Å². The number of fused-ring (bicyclic) bond motifs is 1. The molecule has 132 valence electrons. The lowest BCUT2D eigenvalue weighted by Crippen LogP contribution is -2.35. The van der Waals surface area contributed by atoms with Crippen LogP contribution in [-0.4, -0.2) is 38.2 Å². The SMILES string of the molecule is CCCCn1nnnc1C(c1cc2ccccc2o1)N1CCCCC1. The summed E-state index contributed by atoms with van der Waals surface area (Å²) in [5, 5.41) is 13.7. The van der Waals surface area contributed by atoms with E-state index in [2.05, 4.69) is 39.5 Å². The first-order valence-corrected chi connectivity index (χ1v) is 9.35. The predicted octanol–water partition coefficient (Wildman–Crippen LogP) is 3.79. The van der Waals surface area contributed by atoms with Crippen molar-refractivity contribution < 1.29 is 4.42 Å². The summed E-state index contributed by atoms with van der Waals surface area (Å²) in [5.74, 6) is 1.84. The van der Waals surface area contributed by atoms with Gasteiger partial charge in [-0.1, -0.05) is 38.0 Å². The second-order valence-electron chi connectivity index (χ2n) is 6.80. The Hall–Kier alpha value is -2.21. The van der Waals surface area contributed by atoms with Crippen LogP contribution in [0.4, 0.5) is 0 Å². The highest BCUT2D eigenvalue weighted by atomic mass is 16.3. The first kappa shape index (κ1) is 16.3. The lowest BCUT2D eigenvalue weighted by atomic mass is 10.1. The number of aryl methyl sites for hydroxylation is 1. The van der Waals surface area contributed by atoms with Crippen molar-refractivity contribution in [3.63, 3.8) is 0 Å². The highest BCUT2D eigenvalue weighted by Gasteiger charge is 2.31. The van der Waals surface area contributed by atoms with Crippen molar-refractivity contribution >= 4 is 11.0 Å². The number of likely N-dealkylation sites (tertiary alicyclic amines) is 1. The van der Waals surface area contributed by atoms with E-state index in [1.54, 1.807) is 0 Å². The molecular formula is C19H25N5O. The van der Waals surface area contributed by atoms with Crippen LogP contribution >= 0.6 is 0 Å². The Morgan fingerprint density at radius 1 is 1.16 bits per heavy atom. The van der Waals surface area contributed by atoms with Crippen LogP contribution in [0.15, 0.2) is 34.7 Å². The number of furan rings is 1. The van der Waals surface area contributed by atoms with Gasteiger partial charge in [0.1, 0.15) is 17.4 Å². The summed E-state index contributed by atoms with van der Waals surface area (Å²) < 4.78 is 8.17. The molecule has 0 N–H and O–H groups in total. The number of aromatic nitrogens is 4. The van der Waals surface area contributed by atoms with E-state index in [1.807, 2.05) is 22.9 Å².